The van der Waals surface area contributed by atoms with Crippen LogP contribution in [0.1, 0.15) is 11.3 Å². The van der Waals surface area contributed by atoms with Gasteiger partial charge in [0.2, 0.25) is 0 Å². The largest absolute Gasteiger partial charge is 0.487 e. The molecule has 2 rings (SSSR count). The minimum absolute atomic E-state index is 0.478. The van der Waals surface area contributed by atoms with Crippen LogP contribution in [0.4, 0.5) is 0 Å². The molecular formula is C13H12BrNO. The van der Waals surface area contributed by atoms with Gasteiger partial charge in [-0.05, 0) is 46.6 Å². The number of rotatable bonds is 3. The van der Waals surface area contributed by atoms with Gasteiger partial charge < -0.3 is 4.74 Å². The zero-order chi connectivity index (χ0) is 11.4. The standard InChI is InChI=1S/C13H12BrNO/c1-10-5-2-3-7-13(10)16-9-12-11(14)6-4-8-15-12/h2-8H,9H2,1H3. The van der Waals surface area contributed by atoms with Crippen molar-refractivity contribution in [2.45, 2.75) is 13.5 Å². The third kappa shape index (κ3) is 2.61. The van der Waals surface area contributed by atoms with Gasteiger partial charge in [-0.2, -0.15) is 0 Å². The lowest BCUT2D eigenvalue weighted by molar-refractivity contribution is 0.298. The molecule has 0 amide bonds. The summed E-state index contributed by atoms with van der Waals surface area (Å²) in [5, 5.41) is 0. The van der Waals surface area contributed by atoms with Gasteiger partial charge in [-0.1, -0.05) is 18.2 Å². The fraction of sp³-hybridized carbons (Fsp3) is 0.154. The molecule has 0 aliphatic rings. The number of aryl methyl sites for hydroxylation is 1. The zero-order valence-corrected chi connectivity index (χ0v) is 10.6. The third-order valence-corrected chi connectivity index (χ3v) is 3.01. The van der Waals surface area contributed by atoms with Crippen LogP contribution in [0.5, 0.6) is 5.75 Å². The zero-order valence-electron chi connectivity index (χ0n) is 8.98. The summed E-state index contributed by atoms with van der Waals surface area (Å²) in [4.78, 5) is 4.25. The number of para-hydroxylation sites is 1. The highest BCUT2D eigenvalue weighted by molar-refractivity contribution is 9.10. The van der Waals surface area contributed by atoms with Crippen molar-refractivity contribution in [1.82, 2.24) is 4.98 Å². The van der Waals surface area contributed by atoms with Gasteiger partial charge in [0.05, 0.1) is 5.69 Å². The van der Waals surface area contributed by atoms with Gasteiger partial charge in [0, 0.05) is 10.7 Å². The van der Waals surface area contributed by atoms with Crippen LogP contribution in [-0.2, 0) is 6.61 Å². The van der Waals surface area contributed by atoms with E-state index in [1.54, 1.807) is 6.20 Å². The second kappa shape index (κ2) is 5.12. The van der Waals surface area contributed by atoms with Gasteiger partial charge in [-0.15, -0.1) is 0 Å². The molecule has 0 bridgehead atoms. The van der Waals surface area contributed by atoms with Crippen LogP contribution >= 0.6 is 15.9 Å². The first-order chi connectivity index (χ1) is 7.77. The number of hydrogen-bond acceptors (Lipinski definition) is 2. The van der Waals surface area contributed by atoms with Crippen molar-refractivity contribution < 1.29 is 4.74 Å². The molecule has 0 atom stereocenters. The molecule has 0 aliphatic heterocycles. The van der Waals surface area contributed by atoms with E-state index in [9.17, 15) is 0 Å². The topological polar surface area (TPSA) is 22.1 Å². The molecule has 0 unspecified atom stereocenters. The Bertz CT molecular complexity index is 439. The summed E-state index contributed by atoms with van der Waals surface area (Å²) in [6, 6.07) is 11.8. The molecular weight excluding hydrogens is 266 g/mol. The summed E-state index contributed by atoms with van der Waals surface area (Å²) in [6.07, 6.45) is 1.77. The predicted molar refractivity (Wildman–Crippen MR) is 67.4 cm³/mol. The van der Waals surface area contributed by atoms with Crippen molar-refractivity contribution in [3.8, 4) is 5.75 Å². The summed E-state index contributed by atoms with van der Waals surface area (Å²) < 4.78 is 6.69. The number of pyridine rings is 1. The summed E-state index contributed by atoms with van der Waals surface area (Å²) in [6.45, 7) is 2.51. The second-order valence-electron chi connectivity index (χ2n) is 3.49. The lowest BCUT2D eigenvalue weighted by Crippen LogP contribution is -1.99. The molecule has 0 spiro atoms. The smallest absolute Gasteiger partial charge is 0.131 e. The minimum atomic E-state index is 0.478. The van der Waals surface area contributed by atoms with E-state index in [0.717, 1.165) is 21.5 Å². The quantitative estimate of drug-likeness (QED) is 0.853. The second-order valence-corrected chi connectivity index (χ2v) is 4.34. The third-order valence-electron chi connectivity index (χ3n) is 2.29. The molecule has 3 heteroatoms. The summed E-state index contributed by atoms with van der Waals surface area (Å²) in [5.41, 5.74) is 2.04. The highest BCUT2D eigenvalue weighted by Gasteiger charge is 2.02. The van der Waals surface area contributed by atoms with E-state index >= 15 is 0 Å². The highest BCUT2D eigenvalue weighted by atomic mass is 79.9. The highest BCUT2D eigenvalue weighted by Crippen LogP contribution is 2.19. The van der Waals surface area contributed by atoms with E-state index in [0.29, 0.717) is 6.61 Å². The van der Waals surface area contributed by atoms with Crippen LogP contribution in [0, 0.1) is 6.92 Å². The molecule has 0 saturated heterocycles. The van der Waals surface area contributed by atoms with E-state index in [4.69, 9.17) is 4.74 Å². The van der Waals surface area contributed by atoms with Gasteiger partial charge in [-0.25, -0.2) is 0 Å². The van der Waals surface area contributed by atoms with Crippen molar-refractivity contribution in [2.75, 3.05) is 0 Å². The molecule has 16 heavy (non-hydrogen) atoms. The molecule has 0 radical (unpaired) electrons. The van der Waals surface area contributed by atoms with E-state index < -0.39 is 0 Å². The number of nitrogens with zero attached hydrogens (tertiary/aromatic N) is 1. The van der Waals surface area contributed by atoms with Crippen molar-refractivity contribution >= 4 is 15.9 Å². The maximum absolute atomic E-state index is 5.71. The van der Waals surface area contributed by atoms with Crippen LogP contribution in [0.2, 0.25) is 0 Å². The number of aromatic nitrogens is 1. The van der Waals surface area contributed by atoms with E-state index in [1.807, 2.05) is 43.3 Å². The monoisotopic (exact) mass is 277 g/mol. The Labute approximate surface area is 103 Å². The van der Waals surface area contributed by atoms with Gasteiger partial charge in [-0.3, -0.25) is 4.98 Å². The Hall–Kier alpha value is -1.35. The molecule has 0 saturated carbocycles. The summed E-state index contributed by atoms with van der Waals surface area (Å²) in [5.74, 6) is 0.903. The number of ether oxygens (including phenoxy) is 1. The predicted octanol–water partition coefficient (Wildman–Crippen LogP) is 3.73. The van der Waals surface area contributed by atoms with Gasteiger partial charge in [0.25, 0.3) is 0 Å². The maximum atomic E-state index is 5.71. The average Bonchev–Trinajstić information content (AvgIpc) is 2.30. The van der Waals surface area contributed by atoms with Crippen molar-refractivity contribution in [3.05, 3.63) is 58.3 Å². The molecule has 1 heterocycles. The average molecular weight is 278 g/mol. The molecule has 2 nitrogen and oxygen atoms in total. The number of halogens is 1. The van der Waals surface area contributed by atoms with E-state index in [2.05, 4.69) is 20.9 Å². The Morgan fingerprint density at radius 2 is 2.00 bits per heavy atom. The molecule has 0 aliphatic carbocycles. The van der Waals surface area contributed by atoms with Crippen molar-refractivity contribution in [2.24, 2.45) is 0 Å². The fourth-order valence-corrected chi connectivity index (χ4v) is 1.76. The van der Waals surface area contributed by atoms with Crippen molar-refractivity contribution in [1.29, 1.82) is 0 Å². The Morgan fingerprint density at radius 3 is 2.75 bits per heavy atom. The lowest BCUT2D eigenvalue weighted by atomic mass is 10.2. The molecule has 1 aromatic heterocycles. The van der Waals surface area contributed by atoms with Gasteiger partial charge in [0.15, 0.2) is 0 Å². The van der Waals surface area contributed by atoms with E-state index in [-0.39, 0.29) is 0 Å². The summed E-state index contributed by atoms with van der Waals surface area (Å²) >= 11 is 3.45. The summed E-state index contributed by atoms with van der Waals surface area (Å²) in [7, 11) is 0. The first-order valence-corrected chi connectivity index (χ1v) is 5.84. The SMILES string of the molecule is Cc1ccccc1OCc1ncccc1Br. The maximum Gasteiger partial charge on any atom is 0.131 e. The molecule has 0 N–H and O–H groups in total. The van der Waals surface area contributed by atoms with Crippen molar-refractivity contribution in [3.63, 3.8) is 0 Å². The van der Waals surface area contributed by atoms with Gasteiger partial charge in [0.1, 0.15) is 12.4 Å². The normalized spacial score (nSPS) is 10.1. The van der Waals surface area contributed by atoms with Crippen LogP contribution in [0.15, 0.2) is 47.1 Å². The fourth-order valence-electron chi connectivity index (χ4n) is 1.39. The molecule has 0 fully saturated rings. The first-order valence-electron chi connectivity index (χ1n) is 5.05. The van der Waals surface area contributed by atoms with Crippen LogP contribution in [-0.4, -0.2) is 4.98 Å². The minimum Gasteiger partial charge on any atom is -0.487 e. The van der Waals surface area contributed by atoms with Crippen LogP contribution in [0.25, 0.3) is 0 Å². The van der Waals surface area contributed by atoms with Crippen LogP contribution in [0.3, 0.4) is 0 Å². The first kappa shape index (κ1) is 11.1. The Morgan fingerprint density at radius 1 is 1.19 bits per heavy atom. The Balaban J connectivity index is 2.09. The molecule has 1 aromatic carbocycles. The molecule has 2 aromatic rings. The van der Waals surface area contributed by atoms with E-state index in [1.165, 1.54) is 0 Å². The van der Waals surface area contributed by atoms with Gasteiger partial charge >= 0.3 is 0 Å². The van der Waals surface area contributed by atoms with Crippen LogP contribution < -0.4 is 4.74 Å². The number of benzene rings is 1. The Kier molecular flexibility index (Phi) is 3.57. The number of hydrogen-bond donors (Lipinski definition) is 0. The molecule has 82 valence electrons. The lowest BCUT2D eigenvalue weighted by Gasteiger charge is -2.08.